The number of nitrogens with zero attached hydrogens (tertiary/aromatic N) is 1. The Kier molecular flexibility index (Phi) is 9.49. The smallest absolute Gasteiger partial charge is 0.329 e. The van der Waals surface area contributed by atoms with Crippen LogP contribution < -0.4 is 14.8 Å². The number of nitrogens with one attached hydrogen (secondary N) is 1. The third-order valence-electron chi connectivity index (χ3n) is 15.1. The number of hydrogen-bond acceptors (Lipinski definition) is 9. The van der Waals surface area contributed by atoms with Gasteiger partial charge in [-0.2, -0.15) is 0 Å². The Morgan fingerprint density at radius 3 is 2.44 bits per heavy atom. The van der Waals surface area contributed by atoms with Crippen molar-refractivity contribution in [3.8, 4) is 11.5 Å². The van der Waals surface area contributed by atoms with Crippen LogP contribution in [-0.4, -0.2) is 77.4 Å². The molecule has 7 aliphatic rings. The fourth-order valence-electron chi connectivity index (χ4n) is 11.6. The van der Waals surface area contributed by atoms with Gasteiger partial charge in [-0.15, -0.1) is 0 Å². The van der Waals surface area contributed by atoms with Gasteiger partial charge < -0.3 is 29.4 Å². The topological polar surface area (TPSA) is 124 Å². The van der Waals surface area contributed by atoms with Gasteiger partial charge in [0.2, 0.25) is 5.91 Å². The molecular weight excluding hydrogens is 697 g/mol. The summed E-state index contributed by atoms with van der Waals surface area (Å²) in [4.78, 5) is 42.3. The lowest BCUT2D eigenvalue weighted by Gasteiger charge is -2.75. The van der Waals surface area contributed by atoms with Crippen molar-refractivity contribution in [3.63, 3.8) is 0 Å². The van der Waals surface area contributed by atoms with E-state index in [0.29, 0.717) is 17.5 Å². The number of rotatable bonds is 13. The van der Waals surface area contributed by atoms with Crippen LogP contribution in [0.15, 0.2) is 42.5 Å². The molecule has 1 saturated heterocycles. The lowest BCUT2D eigenvalue weighted by Crippen LogP contribution is -2.83. The average molecular weight is 757 g/mol. The first-order valence-electron chi connectivity index (χ1n) is 20.6. The van der Waals surface area contributed by atoms with Crippen LogP contribution >= 0.6 is 0 Å². The first kappa shape index (κ1) is 38.4. The Hall–Kier alpha value is -3.47. The SMILES string of the molecule is CO[C@]12CC[C@@]3(C[C@@H]1[C@@](C)(O)C(C)(C)C)[C@H]1Cc4ccc(OC(=O)CCC(=O)N[C@H](C(=O)OCc5ccccc5)C(C)C)c5c4[C@@]3(CCN1CC1CC1)[C@H]2O5. The quantitative estimate of drug-likeness (QED) is 0.180. The number of methoxy groups -OCH3 is 1. The molecule has 5 fully saturated rings. The molecule has 2 heterocycles. The summed E-state index contributed by atoms with van der Waals surface area (Å²) in [6.07, 6.45) is 6.44. The summed E-state index contributed by atoms with van der Waals surface area (Å²) >= 11 is 0. The van der Waals surface area contributed by atoms with Gasteiger partial charge in [0.25, 0.3) is 0 Å². The summed E-state index contributed by atoms with van der Waals surface area (Å²) < 4.78 is 25.5. The van der Waals surface area contributed by atoms with Crippen molar-refractivity contribution in [1.82, 2.24) is 10.2 Å². The molecular formula is C45H60N2O8. The number of carbonyl (C=O) groups is 3. The van der Waals surface area contributed by atoms with Gasteiger partial charge in [-0.05, 0) is 92.9 Å². The minimum atomic E-state index is -1.03. The summed E-state index contributed by atoms with van der Waals surface area (Å²) in [6.45, 7) is 14.3. The molecule has 2 aromatic carbocycles. The molecule has 1 amide bonds. The van der Waals surface area contributed by atoms with E-state index in [1.807, 2.05) is 57.2 Å². The van der Waals surface area contributed by atoms with E-state index in [4.69, 9.17) is 18.9 Å². The lowest BCUT2D eigenvalue weighted by atomic mass is 9.33. The highest BCUT2D eigenvalue weighted by atomic mass is 16.6. The van der Waals surface area contributed by atoms with Gasteiger partial charge in [0.05, 0.1) is 12.0 Å². The largest absolute Gasteiger partial charge is 0.482 e. The van der Waals surface area contributed by atoms with Crippen LogP contribution in [0.5, 0.6) is 11.5 Å². The zero-order valence-corrected chi connectivity index (χ0v) is 33.7. The van der Waals surface area contributed by atoms with Gasteiger partial charge in [-0.3, -0.25) is 14.5 Å². The second-order valence-corrected chi connectivity index (χ2v) is 19.1. The molecule has 2 aliphatic heterocycles. The van der Waals surface area contributed by atoms with Crippen LogP contribution in [0.1, 0.15) is 110 Å². The molecule has 4 bridgehead atoms. The first-order chi connectivity index (χ1) is 26.1. The van der Waals surface area contributed by atoms with Gasteiger partial charge in [0.1, 0.15) is 24.4 Å². The number of ether oxygens (including phenoxy) is 4. The highest BCUT2D eigenvalue weighted by Gasteiger charge is 2.82. The van der Waals surface area contributed by atoms with E-state index >= 15 is 0 Å². The van der Waals surface area contributed by atoms with Gasteiger partial charge in [0.15, 0.2) is 11.5 Å². The van der Waals surface area contributed by atoms with Gasteiger partial charge in [-0.25, -0.2) is 4.79 Å². The summed E-state index contributed by atoms with van der Waals surface area (Å²) in [5.41, 5.74) is 0.664. The van der Waals surface area contributed by atoms with Crippen LogP contribution in [0.2, 0.25) is 0 Å². The molecule has 9 rings (SSSR count). The Balaban J connectivity index is 1.04. The zero-order chi connectivity index (χ0) is 39.1. The van der Waals surface area contributed by atoms with Crippen LogP contribution in [0.4, 0.5) is 0 Å². The van der Waals surface area contributed by atoms with E-state index in [-0.39, 0.29) is 48.2 Å². The zero-order valence-electron chi connectivity index (χ0n) is 33.7. The summed E-state index contributed by atoms with van der Waals surface area (Å²) in [5, 5.41) is 15.3. The van der Waals surface area contributed by atoms with Crippen molar-refractivity contribution < 1.29 is 38.4 Å². The average Bonchev–Trinajstić information content (AvgIpc) is 3.90. The molecule has 4 saturated carbocycles. The fraction of sp³-hybridized carbons (Fsp3) is 0.667. The van der Waals surface area contributed by atoms with E-state index in [0.717, 1.165) is 56.7 Å². The molecule has 298 valence electrons. The third-order valence-corrected chi connectivity index (χ3v) is 15.1. The molecule has 10 nitrogen and oxygen atoms in total. The predicted molar refractivity (Wildman–Crippen MR) is 206 cm³/mol. The van der Waals surface area contributed by atoms with Gasteiger partial charge in [0, 0.05) is 48.4 Å². The van der Waals surface area contributed by atoms with Crippen molar-refractivity contribution in [3.05, 3.63) is 59.2 Å². The monoisotopic (exact) mass is 756 g/mol. The maximum Gasteiger partial charge on any atom is 0.329 e. The van der Waals surface area contributed by atoms with Crippen LogP contribution in [-0.2, 0) is 42.3 Å². The van der Waals surface area contributed by atoms with Crippen molar-refractivity contribution in [2.24, 2.45) is 28.6 Å². The van der Waals surface area contributed by atoms with Crippen molar-refractivity contribution in [2.75, 3.05) is 20.2 Å². The number of aliphatic hydroxyl groups is 1. The molecule has 10 heteroatoms. The van der Waals surface area contributed by atoms with E-state index in [1.54, 1.807) is 7.11 Å². The minimum absolute atomic E-state index is 0.112. The van der Waals surface area contributed by atoms with Crippen LogP contribution in [0.3, 0.4) is 0 Å². The normalized spacial score (nSPS) is 31.9. The molecule has 2 spiro atoms. The van der Waals surface area contributed by atoms with Crippen molar-refractivity contribution >= 4 is 17.8 Å². The first-order valence-corrected chi connectivity index (χ1v) is 20.6. The number of benzene rings is 2. The second kappa shape index (κ2) is 13.6. The molecule has 5 aliphatic carbocycles. The van der Waals surface area contributed by atoms with Crippen LogP contribution in [0, 0.1) is 28.6 Å². The lowest BCUT2D eigenvalue weighted by molar-refractivity contribution is -0.312. The molecule has 2 aromatic rings. The van der Waals surface area contributed by atoms with Gasteiger partial charge >= 0.3 is 11.9 Å². The van der Waals surface area contributed by atoms with E-state index in [2.05, 4.69) is 37.1 Å². The number of carbonyl (C=O) groups excluding carboxylic acids is 3. The predicted octanol–water partition coefficient (Wildman–Crippen LogP) is 6.28. The van der Waals surface area contributed by atoms with E-state index in [9.17, 15) is 19.5 Å². The van der Waals surface area contributed by atoms with Crippen molar-refractivity contribution in [2.45, 2.75) is 141 Å². The Morgan fingerprint density at radius 1 is 1.02 bits per heavy atom. The van der Waals surface area contributed by atoms with Crippen LogP contribution in [0.25, 0.3) is 0 Å². The highest BCUT2D eigenvalue weighted by molar-refractivity contribution is 5.87. The highest BCUT2D eigenvalue weighted by Crippen LogP contribution is 2.78. The second-order valence-electron chi connectivity index (χ2n) is 19.1. The Morgan fingerprint density at radius 2 is 1.76 bits per heavy atom. The molecule has 2 N–H and O–H groups in total. The summed E-state index contributed by atoms with van der Waals surface area (Å²) in [5.74, 6) is -0.0932. The molecule has 0 aromatic heterocycles. The summed E-state index contributed by atoms with van der Waals surface area (Å²) in [6, 6.07) is 12.9. The molecule has 0 radical (unpaired) electrons. The number of esters is 2. The number of hydrogen-bond donors (Lipinski definition) is 2. The third kappa shape index (κ3) is 5.94. The number of piperidine rings is 1. The molecule has 0 unspecified atom stereocenters. The Labute approximate surface area is 326 Å². The fourth-order valence-corrected chi connectivity index (χ4v) is 11.6. The minimum Gasteiger partial charge on any atom is -0.482 e. The maximum absolute atomic E-state index is 13.5. The number of likely N-dealkylation sites (tertiary alicyclic amines) is 1. The van der Waals surface area contributed by atoms with Crippen molar-refractivity contribution in [1.29, 1.82) is 0 Å². The summed E-state index contributed by atoms with van der Waals surface area (Å²) in [7, 11) is 1.79. The van der Waals surface area contributed by atoms with Gasteiger partial charge in [-0.1, -0.05) is 71.0 Å². The maximum atomic E-state index is 13.5. The molecule has 55 heavy (non-hydrogen) atoms. The number of amides is 1. The standard InChI is InChI=1S/C45H60N2O8/c1-27(2)37(39(50)53-26-29-11-9-8-10-12-29)46-34(48)17-18-35(49)54-31-16-15-30-23-33-43-19-20-45(52-7,32(24-43)42(6,51)41(3,4)5)40-44(43,36(30)38(31)55-40)21-22-47(33)25-28-13-14-28/h8-12,15-16,27-28,32-33,37,40,51H,13-14,17-26H2,1-7H3,(H,46,48)/t32-,33-,37+,40-,42-,43-,44+,45-/m1/s1. The van der Waals surface area contributed by atoms with E-state index < -0.39 is 40.5 Å². The Bertz CT molecular complexity index is 1830. The number of fused-ring (bicyclic) bond motifs is 2. The molecule has 8 atom stereocenters. The van der Waals surface area contributed by atoms with E-state index in [1.165, 1.54) is 24.0 Å².